The molecule has 0 aromatic rings. The van der Waals surface area contributed by atoms with Crippen LogP contribution in [0.25, 0.3) is 0 Å². The number of likely N-dealkylation sites (N-methyl/N-ethyl adjacent to an activating group) is 1. The smallest absolute Gasteiger partial charge is 0.302 e. The summed E-state index contributed by atoms with van der Waals surface area (Å²) in [5.41, 5.74) is 0. The third-order valence-electron chi connectivity index (χ3n) is 3.33. The van der Waals surface area contributed by atoms with Gasteiger partial charge in [-0.1, -0.05) is 40.0 Å². The molecule has 0 saturated heterocycles. The van der Waals surface area contributed by atoms with Gasteiger partial charge < -0.3 is 14.7 Å². The van der Waals surface area contributed by atoms with Crippen molar-refractivity contribution in [2.45, 2.75) is 73.1 Å². The van der Waals surface area contributed by atoms with E-state index in [1.807, 2.05) is 19.0 Å². The average molecular weight is 394 g/mol. The predicted molar refractivity (Wildman–Crippen MR) is 115 cm³/mol. The lowest BCUT2D eigenvalue weighted by atomic mass is 10.4. The van der Waals surface area contributed by atoms with Gasteiger partial charge in [0.15, 0.2) is 0 Å². The van der Waals surface area contributed by atoms with Gasteiger partial charge in [-0.2, -0.15) is 0 Å². The number of carbonyl (C=O) groups excluding carboxylic acids is 1. The Morgan fingerprint density at radius 1 is 0.885 bits per heavy atom. The van der Waals surface area contributed by atoms with E-state index in [1.54, 1.807) is 18.5 Å². The molecule has 0 bridgehead atoms. The summed E-state index contributed by atoms with van der Waals surface area (Å²) in [4.78, 5) is 21.1. The summed E-state index contributed by atoms with van der Waals surface area (Å²) in [6.45, 7) is 10.7. The van der Waals surface area contributed by atoms with Gasteiger partial charge in [0.2, 0.25) is 0 Å². The number of ether oxygens (including phenoxy) is 1. The second kappa shape index (κ2) is 24.3. The first-order valence-electron chi connectivity index (χ1n) is 9.91. The number of rotatable bonds is 12. The van der Waals surface area contributed by atoms with Crippen LogP contribution in [0, 0.1) is 0 Å². The molecule has 0 radical (unpaired) electrons. The molecule has 5 nitrogen and oxygen atoms in total. The monoisotopic (exact) mass is 393 g/mol. The summed E-state index contributed by atoms with van der Waals surface area (Å²) in [6.07, 6.45) is 13.2. The summed E-state index contributed by atoms with van der Waals surface area (Å²) in [5, 5.41) is 7.42. The zero-order chi connectivity index (χ0) is 20.8. The van der Waals surface area contributed by atoms with Crippen LogP contribution in [0.1, 0.15) is 73.1 Å². The molecule has 0 fully saturated rings. The maximum absolute atomic E-state index is 10.2. The highest BCUT2D eigenvalue weighted by atomic mass is 31.1. The number of esters is 1. The van der Waals surface area contributed by atoms with Crippen LogP contribution in [0.15, 0.2) is 0 Å². The third kappa shape index (κ3) is 38.7. The number of carboxylic acid groups (broad SMARTS) is 1. The minimum Gasteiger partial charge on any atom is -0.481 e. The Kier molecular flexibility index (Phi) is 28.1. The lowest BCUT2D eigenvalue weighted by molar-refractivity contribution is -0.141. The van der Waals surface area contributed by atoms with Gasteiger partial charge in [0.25, 0.3) is 5.97 Å². The Bertz CT molecular complexity index is 289. The van der Waals surface area contributed by atoms with Crippen molar-refractivity contribution in [1.29, 1.82) is 0 Å². The molecule has 0 rings (SSSR count). The van der Waals surface area contributed by atoms with E-state index >= 15 is 0 Å². The Morgan fingerprint density at radius 3 is 1.46 bits per heavy atom. The summed E-state index contributed by atoms with van der Waals surface area (Å²) >= 11 is 0. The van der Waals surface area contributed by atoms with Crippen molar-refractivity contribution in [2.75, 3.05) is 45.7 Å². The highest BCUT2D eigenvalue weighted by Crippen LogP contribution is 2.38. The Hall–Kier alpha value is -0.670. The zero-order valence-electron chi connectivity index (χ0n) is 18.3. The molecule has 158 valence electrons. The van der Waals surface area contributed by atoms with Crippen LogP contribution in [-0.4, -0.2) is 67.7 Å². The van der Waals surface area contributed by atoms with Crippen LogP contribution in [-0.2, 0) is 14.3 Å². The first-order chi connectivity index (χ1) is 12.2. The van der Waals surface area contributed by atoms with E-state index in [0.29, 0.717) is 14.5 Å². The van der Waals surface area contributed by atoms with Crippen LogP contribution in [0.4, 0.5) is 0 Å². The molecule has 0 atom stereocenters. The van der Waals surface area contributed by atoms with Crippen molar-refractivity contribution in [3.8, 4) is 0 Å². The third-order valence-corrected chi connectivity index (χ3v) is 6.17. The second-order valence-electron chi connectivity index (χ2n) is 6.56. The topological polar surface area (TPSA) is 66.8 Å². The van der Waals surface area contributed by atoms with Gasteiger partial charge in [-0.25, -0.2) is 0 Å². The first-order valence-corrected chi connectivity index (χ1v) is 11.8. The number of unbranched alkanes of at least 4 members (excludes halogenated alkanes) is 3. The van der Waals surface area contributed by atoms with Gasteiger partial charge in [-0.3, -0.25) is 9.59 Å². The quantitative estimate of drug-likeness (QED) is 0.370. The van der Waals surface area contributed by atoms with E-state index in [2.05, 4.69) is 25.5 Å². The number of nitrogens with zero attached hydrogens (tertiary/aromatic N) is 1. The van der Waals surface area contributed by atoms with Gasteiger partial charge in [0.05, 0.1) is 0 Å². The van der Waals surface area contributed by atoms with Crippen LogP contribution >= 0.6 is 7.92 Å². The number of aliphatic carboxylic acids is 1. The molecule has 6 heteroatoms. The van der Waals surface area contributed by atoms with Crippen LogP contribution < -0.4 is 0 Å². The van der Waals surface area contributed by atoms with E-state index in [0.717, 1.165) is 13.5 Å². The molecule has 0 aliphatic rings. The van der Waals surface area contributed by atoms with Crippen molar-refractivity contribution < 1.29 is 19.4 Å². The standard InChI is InChI=1S/C12H27P.C6H13NO2.C2H4O2/c1-4-7-10-13(11-8-5-2)12-9-6-3;1-6(8)9-5-4-7(2)3;1-2(3)4/h4-12H2,1-3H3;4-5H2,1-3H3;1H3,(H,3,4). The average Bonchev–Trinajstić information content (AvgIpc) is 2.53. The molecular weight excluding hydrogens is 349 g/mol. The SMILES string of the molecule is CC(=O)O.CC(=O)OCCN(C)C.CCCCP(CCCC)CCCC. The summed E-state index contributed by atoms with van der Waals surface area (Å²) in [5.74, 6) is -1.04. The van der Waals surface area contributed by atoms with E-state index in [-0.39, 0.29) is 5.97 Å². The molecule has 0 heterocycles. The molecule has 0 aliphatic carbocycles. The number of hydrogen-bond donors (Lipinski definition) is 1. The van der Waals surface area contributed by atoms with Crippen LogP contribution in [0.5, 0.6) is 0 Å². The van der Waals surface area contributed by atoms with E-state index in [4.69, 9.17) is 9.90 Å². The molecule has 0 aliphatic heterocycles. The van der Waals surface area contributed by atoms with Gasteiger partial charge in [0.1, 0.15) is 6.61 Å². The van der Waals surface area contributed by atoms with Gasteiger partial charge in [-0.05, 0) is 51.8 Å². The minimum absolute atomic E-state index is 0.211. The maximum atomic E-state index is 10.2. The van der Waals surface area contributed by atoms with Crippen molar-refractivity contribution >= 4 is 19.9 Å². The highest BCUT2D eigenvalue weighted by molar-refractivity contribution is 7.57. The lowest BCUT2D eigenvalue weighted by Gasteiger charge is -2.16. The molecule has 0 unspecified atom stereocenters. The fourth-order valence-electron chi connectivity index (χ4n) is 1.85. The zero-order valence-corrected chi connectivity index (χ0v) is 19.2. The van der Waals surface area contributed by atoms with E-state index in [1.165, 1.54) is 45.4 Å². The Balaban J connectivity index is -0.000000352. The van der Waals surface area contributed by atoms with Gasteiger partial charge in [-0.15, -0.1) is 7.92 Å². The van der Waals surface area contributed by atoms with Crippen molar-refractivity contribution in [1.82, 2.24) is 4.90 Å². The first kappa shape index (κ1) is 30.1. The maximum Gasteiger partial charge on any atom is 0.302 e. The summed E-state index contributed by atoms with van der Waals surface area (Å²) < 4.78 is 4.67. The Morgan fingerprint density at radius 2 is 1.23 bits per heavy atom. The molecule has 1 N–H and O–H groups in total. The summed E-state index contributed by atoms with van der Waals surface area (Å²) in [6, 6.07) is 0. The molecule has 0 saturated carbocycles. The fourth-order valence-corrected chi connectivity index (χ4v) is 4.81. The molecule has 0 aromatic carbocycles. The minimum atomic E-state index is -0.833. The largest absolute Gasteiger partial charge is 0.481 e. The predicted octanol–water partition coefficient (Wildman–Crippen LogP) is 5.07. The van der Waals surface area contributed by atoms with Crippen LogP contribution in [0.2, 0.25) is 0 Å². The Labute approximate surface area is 163 Å². The summed E-state index contributed by atoms with van der Waals surface area (Å²) in [7, 11) is 4.29. The molecule has 0 spiro atoms. The van der Waals surface area contributed by atoms with Crippen molar-refractivity contribution in [2.24, 2.45) is 0 Å². The number of carboxylic acids is 1. The number of hydrogen-bond acceptors (Lipinski definition) is 4. The normalized spacial score (nSPS) is 9.88. The van der Waals surface area contributed by atoms with Gasteiger partial charge >= 0.3 is 5.97 Å². The van der Waals surface area contributed by atoms with Crippen LogP contribution in [0.3, 0.4) is 0 Å². The fraction of sp³-hybridized carbons (Fsp3) is 0.900. The van der Waals surface area contributed by atoms with Crippen molar-refractivity contribution in [3.63, 3.8) is 0 Å². The van der Waals surface area contributed by atoms with E-state index < -0.39 is 5.97 Å². The number of carbonyl (C=O) groups is 2. The lowest BCUT2D eigenvalue weighted by Crippen LogP contribution is -2.19. The van der Waals surface area contributed by atoms with Crippen molar-refractivity contribution in [3.05, 3.63) is 0 Å². The van der Waals surface area contributed by atoms with E-state index in [9.17, 15) is 4.79 Å². The second-order valence-corrected chi connectivity index (χ2v) is 9.25. The molecular formula is C20H44NO4P. The molecule has 0 aromatic heterocycles. The highest BCUT2D eigenvalue weighted by Gasteiger charge is 2.05. The molecule has 26 heavy (non-hydrogen) atoms. The molecule has 0 amide bonds. The van der Waals surface area contributed by atoms with Gasteiger partial charge in [0, 0.05) is 20.4 Å².